The molecule has 1 aliphatic heterocycles. The second-order valence-electron chi connectivity index (χ2n) is 3.35. The summed E-state index contributed by atoms with van der Waals surface area (Å²) in [6.07, 6.45) is 9.88. The van der Waals surface area contributed by atoms with Crippen molar-refractivity contribution in [3.05, 3.63) is 24.3 Å². The molecule has 2 heteroatoms. The van der Waals surface area contributed by atoms with Gasteiger partial charge in [0.25, 0.3) is 0 Å². The Hall–Kier alpha value is -0.600. The molecule has 12 heavy (non-hydrogen) atoms. The summed E-state index contributed by atoms with van der Waals surface area (Å²) in [6.45, 7) is 2.73. The normalized spacial score (nSPS) is 35.3. The molecular weight excluding hydrogens is 150 g/mol. The van der Waals surface area contributed by atoms with Crippen molar-refractivity contribution in [2.45, 2.75) is 12.5 Å². The van der Waals surface area contributed by atoms with Crippen LogP contribution in [-0.2, 0) is 4.74 Å². The van der Waals surface area contributed by atoms with Gasteiger partial charge in [-0.25, -0.2) is 0 Å². The van der Waals surface area contributed by atoms with Crippen LogP contribution in [0.4, 0.5) is 0 Å². The lowest BCUT2D eigenvalue weighted by atomic mass is 9.93. The number of hydrogen-bond acceptors (Lipinski definition) is 2. The summed E-state index contributed by atoms with van der Waals surface area (Å²) in [6, 6.07) is 0.528. The highest BCUT2D eigenvalue weighted by atomic mass is 16.5. The molecule has 2 rings (SSSR count). The van der Waals surface area contributed by atoms with Crippen molar-refractivity contribution in [3.63, 3.8) is 0 Å². The molecule has 0 spiro atoms. The van der Waals surface area contributed by atoms with Gasteiger partial charge >= 0.3 is 0 Å². The minimum Gasteiger partial charge on any atom is -0.378 e. The lowest BCUT2D eigenvalue weighted by molar-refractivity contribution is 0.0639. The van der Waals surface area contributed by atoms with Crippen molar-refractivity contribution >= 4 is 0 Å². The van der Waals surface area contributed by atoms with Crippen LogP contribution in [0.25, 0.3) is 0 Å². The summed E-state index contributed by atoms with van der Waals surface area (Å²) in [7, 11) is 0. The zero-order valence-corrected chi connectivity index (χ0v) is 7.20. The van der Waals surface area contributed by atoms with Gasteiger partial charge in [0.1, 0.15) is 0 Å². The first-order valence-electron chi connectivity index (χ1n) is 4.61. The van der Waals surface area contributed by atoms with Crippen molar-refractivity contribution in [2.75, 3.05) is 19.8 Å². The molecule has 0 amide bonds. The molecule has 1 saturated heterocycles. The van der Waals surface area contributed by atoms with E-state index in [9.17, 15) is 0 Å². The number of allylic oxidation sites excluding steroid dienone is 3. The highest BCUT2D eigenvalue weighted by Crippen LogP contribution is 2.17. The molecule has 1 fully saturated rings. The smallest absolute Gasteiger partial charge is 0.0626 e. The molecule has 2 atom stereocenters. The first kappa shape index (κ1) is 8.02. The van der Waals surface area contributed by atoms with Crippen molar-refractivity contribution in [1.82, 2.24) is 5.32 Å². The van der Waals surface area contributed by atoms with Gasteiger partial charge in [-0.3, -0.25) is 0 Å². The molecule has 2 nitrogen and oxygen atoms in total. The first-order valence-corrected chi connectivity index (χ1v) is 4.61. The van der Waals surface area contributed by atoms with Crippen molar-refractivity contribution in [3.8, 4) is 0 Å². The average molecular weight is 165 g/mol. The van der Waals surface area contributed by atoms with Crippen LogP contribution in [0.2, 0.25) is 0 Å². The summed E-state index contributed by atoms with van der Waals surface area (Å²) < 4.78 is 5.41. The van der Waals surface area contributed by atoms with Gasteiger partial charge in [-0.1, -0.05) is 24.3 Å². The van der Waals surface area contributed by atoms with E-state index in [1.807, 2.05) is 0 Å². The number of ether oxygens (including phenoxy) is 1. The first-order chi connectivity index (χ1) is 5.97. The van der Waals surface area contributed by atoms with Gasteiger partial charge in [0.2, 0.25) is 0 Å². The van der Waals surface area contributed by atoms with E-state index < -0.39 is 0 Å². The molecule has 66 valence electrons. The van der Waals surface area contributed by atoms with Gasteiger partial charge < -0.3 is 10.1 Å². The maximum atomic E-state index is 5.41. The van der Waals surface area contributed by atoms with E-state index in [1.165, 1.54) is 0 Å². The zero-order chi connectivity index (χ0) is 8.23. The number of nitrogens with one attached hydrogen (secondary N) is 1. The third kappa shape index (κ3) is 1.76. The number of morpholine rings is 1. The summed E-state index contributed by atoms with van der Waals surface area (Å²) in [4.78, 5) is 0. The predicted molar refractivity (Wildman–Crippen MR) is 49.0 cm³/mol. The lowest BCUT2D eigenvalue weighted by Gasteiger charge is -2.29. The fourth-order valence-corrected chi connectivity index (χ4v) is 1.76. The van der Waals surface area contributed by atoms with E-state index in [2.05, 4.69) is 29.6 Å². The molecular formula is C10H15NO. The van der Waals surface area contributed by atoms with E-state index in [0.29, 0.717) is 12.0 Å². The van der Waals surface area contributed by atoms with Crippen molar-refractivity contribution < 1.29 is 4.74 Å². The summed E-state index contributed by atoms with van der Waals surface area (Å²) in [5.74, 6) is 0.635. The Bertz CT molecular complexity index is 192. The van der Waals surface area contributed by atoms with Gasteiger partial charge in [-0.2, -0.15) is 0 Å². The molecule has 0 aromatic rings. The minimum absolute atomic E-state index is 0.528. The molecule has 0 bridgehead atoms. The standard InChI is InChI=1S/C10H15NO/c1-2-4-9(5-3-1)10-8-12-7-6-11-10/h1-4,9-11H,5-8H2/t9?,10-/m1/s1. The largest absolute Gasteiger partial charge is 0.378 e. The van der Waals surface area contributed by atoms with Crippen LogP contribution in [0.15, 0.2) is 24.3 Å². The molecule has 1 aliphatic carbocycles. The van der Waals surface area contributed by atoms with E-state index >= 15 is 0 Å². The Balaban J connectivity index is 1.90. The average Bonchev–Trinajstić information content (AvgIpc) is 2.21. The van der Waals surface area contributed by atoms with E-state index in [0.717, 1.165) is 26.2 Å². The molecule has 1 heterocycles. The van der Waals surface area contributed by atoms with Crippen LogP contribution in [0, 0.1) is 5.92 Å². The fourth-order valence-electron chi connectivity index (χ4n) is 1.76. The second kappa shape index (κ2) is 3.87. The highest BCUT2D eigenvalue weighted by molar-refractivity contribution is 5.13. The topological polar surface area (TPSA) is 21.3 Å². The Kier molecular flexibility index (Phi) is 2.59. The maximum absolute atomic E-state index is 5.41. The zero-order valence-electron chi connectivity index (χ0n) is 7.20. The van der Waals surface area contributed by atoms with Gasteiger partial charge in [0.15, 0.2) is 0 Å². The molecule has 0 aromatic heterocycles. The van der Waals surface area contributed by atoms with Gasteiger partial charge in [-0.05, 0) is 12.3 Å². The summed E-state index contributed by atoms with van der Waals surface area (Å²) >= 11 is 0. The van der Waals surface area contributed by atoms with Crippen molar-refractivity contribution in [2.24, 2.45) is 5.92 Å². The lowest BCUT2D eigenvalue weighted by Crippen LogP contribution is -2.45. The second-order valence-corrected chi connectivity index (χ2v) is 3.35. The Labute approximate surface area is 73.3 Å². The highest BCUT2D eigenvalue weighted by Gasteiger charge is 2.21. The van der Waals surface area contributed by atoms with Crippen LogP contribution >= 0.6 is 0 Å². The molecule has 1 N–H and O–H groups in total. The quantitative estimate of drug-likeness (QED) is 0.628. The van der Waals surface area contributed by atoms with Crippen molar-refractivity contribution in [1.29, 1.82) is 0 Å². The Morgan fingerprint density at radius 3 is 3.00 bits per heavy atom. The monoisotopic (exact) mass is 165 g/mol. The Morgan fingerprint density at radius 2 is 2.33 bits per heavy atom. The van der Waals surface area contributed by atoms with Gasteiger partial charge in [0.05, 0.1) is 13.2 Å². The molecule has 0 saturated carbocycles. The summed E-state index contributed by atoms with van der Waals surface area (Å²) in [5, 5.41) is 3.48. The van der Waals surface area contributed by atoms with E-state index in [4.69, 9.17) is 4.74 Å². The fraction of sp³-hybridized carbons (Fsp3) is 0.600. The Morgan fingerprint density at radius 1 is 1.33 bits per heavy atom. The van der Waals surface area contributed by atoms with Gasteiger partial charge in [0, 0.05) is 12.6 Å². The SMILES string of the molecule is C1=CCC([C@H]2COCCN2)C=C1. The maximum Gasteiger partial charge on any atom is 0.0626 e. The predicted octanol–water partition coefficient (Wildman–Crippen LogP) is 1.11. The van der Waals surface area contributed by atoms with E-state index in [-0.39, 0.29) is 0 Å². The van der Waals surface area contributed by atoms with Crippen LogP contribution in [0.1, 0.15) is 6.42 Å². The number of rotatable bonds is 1. The van der Waals surface area contributed by atoms with Crippen LogP contribution in [-0.4, -0.2) is 25.8 Å². The molecule has 2 aliphatic rings. The third-order valence-corrected chi connectivity index (χ3v) is 2.48. The van der Waals surface area contributed by atoms with Crippen LogP contribution < -0.4 is 5.32 Å². The minimum atomic E-state index is 0.528. The molecule has 0 aromatic carbocycles. The van der Waals surface area contributed by atoms with Gasteiger partial charge in [-0.15, -0.1) is 0 Å². The van der Waals surface area contributed by atoms with Crippen LogP contribution in [0.5, 0.6) is 0 Å². The van der Waals surface area contributed by atoms with Crippen LogP contribution in [0.3, 0.4) is 0 Å². The third-order valence-electron chi connectivity index (χ3n) is 2.48. The molecule has 1 unspecified atom stereocenters. The van der Waals surface area contributed by atoms with E-state index in [1.54, 1.807) is 0 Å². The summed E-state index contributed by atoms with van der Waals surface area (Å²) in [5.41, 5.74) is 0. The molecule has 0 radical (unpaired) electrons. The number of hydrogen-bond donors (Lipinski definition) is 1.